The summed E-state index contributed by atoms with van der Waals surface area (Å²) in [4.78, 5) is 18.1. The normalized spacial score (nSPS) is 15.0. The highest BCUT2D eigenvalue weighted by Crippen LogP contribution is 2.43. The van der Waals surface area contributed by atoms with Crippen LogP contribution in [0.4, 0.5) is 14.6 Å². The van der Waals surface area contributed by atoms with Crippen LogP contribution in [0, 0.1) is 11.6 Å². The maximum atomic E-state index is 14.6. The molecule has 4 aromatic heterocycles. The highest BCUT2D eigenvalue weighted by Gasteiger charge is 2.24. The van der Waals surface area contributed by atoms with Gasteiger partial charge in [0.1, 0.15) is 35.1 Å². The van der Waals surface area contributed by atoms with Gasteiger partial charge in [-0.1, -0.05) is 0 Å². The Hall–Kier alpha value is -4.26. The number of aromatic nitrogens is 5. The van der Waals surface area contributed by atoms with E-state index in [1.807, 2.05) is 36.5 Å². The van der Waals surface area contributed by atoms with Crippen molar-refractivity contribution < 1.29 is 18.3 Å². The SMILES string of the molecule is Fc1ccc(-n2ncnc2-c2cc3c(s2)-c2nc(-c4ccc(NCCN5CCOCC5)nc4)ccc2OCC3)c(F)c1. The van der Waals surface area contributed by atoms with Crippen LogP contribution in [0.15, 0.2) is 61.1 Å². The van der Waals surface area contributed by atoms with Crippen LogP contribution in [-0.2, 0) is 11.2 Å². The van der Waals surface area contributed by atoms with E-state index in [1.54, 1.807) is 0 Å². The van der Waals surface area contributed by atoms with E-state index in [2.05, 4.69) is 25.3 Å². The van der Waals surface area contributed by atoms with Gasteiger partial charge < -0.3 is 14.8 Å². The third-order valence-electron chi connectivity index (χ3n) is 7.31. The van der Waals surface area contributed by atoms with Crippen molar-refractivity contribution in [2.45, 2.75) is 6.42 Å². The van der Waals surface area contributed by atoms with E-state index in [9.17, 15) is 8.78 Å². The fourth-order valence-corrected chi connectivity index (χ4v) is 6.32. The smallest absolute Gasteiger partial charge is 0.173 e. The third kappa shape index (κ3) is 5.36. The van der Waals surface area contributed by atoms with E-state index >= 15 is 0 Å². The molecule has 5 aromatic rings. The number of fused-ring (bicyclic) bond motifs is 3. The first-order chi connectivity index (χ1) is 20.6. The van der Waals surface area contributed by atoms with Crippen molar-refractivity contribution in [3.63, 3.8) is 0 Å². The molecule has 6 heterocycles. The predicted molar refractivity (Wildman–Crippen MR) is 156 cm³/mol. The summed E-state index contributed by atoms with van der Waals surface area (Å²) in [6.07, 6.45) is 3.87. The summed E-state index contributed by atoms with van der Waals surface area (Å²) in [5, 5.41) is 7.61. The number of thiophene rings is 1. The molecule has 0 radical (unpaired) electrons. The second kappa shape index (κ2) is 11.6. The molecule has 0 atom stereocenters. The fourth-order valence-electron chi connectivity index (χ4n) is 5.14. The average Bonchev–Trinajstić information content (AvgIpc) is 3.62. The molecule has 1 saturated heterocycles. The number of hydrogen-bond donors (Lipinski definition) is 1. The summed E-state index contributed by atoms with van der Waals surface area (Å²) < 4.78 is 40.9. The molecule has 7 rings (SSSR count). The van der Waals surface area contributed by atoms with Gasteiger partial charge in [0, 0.05) is 50.4 Å². The maximum absolute atomic E-state index is 14.6. The van der Waals surface area contributed by atoms with Crippen molar-refractivity contribution >= 4 is 17.2 Å². The summed E-state index contributed by atoms with van der Waals surface area (Å²) in [7, 11) is 0. The average molecular weight is 588 g/mol. The molecule has 9 nitrogen and oxygen atoms in total. The van der Waals surface area contributed by atoms with Gasteiger partial charge in [-0.25, -0.2) is 28.4 Å². The van der Waals surface area contributed by atoms with Gasteiger partial charge in [0.05, 0.1) is 35.3 Å². The van der Waals surface area contributed by atoms with Crippen LogP contribution < -0.4 is 10.1 Å². The predicted octanol–water partition coefficient (Wildman–Crippen LogP) is 5.08. The van der Waals surface area contributed by atoms with Crippen LogP contribution in [0.5, 0.6) is 5.75 Å². The molecule has 1 aromatic carbocycles. The quantitative estimate of drug-likeness (QED) is 0.282. The Labute approximate surface area is 244 Å². The van der Waals surface area contributed by atoms with Crippen molar-refractivity contribution in [3.8, 4) is 44.0 Å². The van der Waals surface area contributed by atoms with Crippen molar-refractivity contribution in [2.24, 2.45) is 0 Å². The summed E-state index contributed by atoms with van der Waals surface area (Å²) in [6, 6.07) is 13.3. The molecule has 214 valence electrons. The largest absolute Gasteiger partial charge is 0.491 e. The van der Waals surface area contributed by atoms with Gasteiger partial charge in [-0.15, -0.1) is 11.3 Å². The number of halogens is 2. The van der Waals surface area contributed by atoms with E-state index in [0.29, 0.717) is 24.6 Å². The number of nitrogens with zero attached hydrogens (tertiary/aromatic N) is 6. The maximum Gasteiger partial charge on any atom is 0.173 e. The molecule has 42 heavy (non-hydrogen) atoms. The highest BCUT2D eigenvalue weighted by atomic mass is 32.1. The van der Waals surface area contributed by atoms with Crippen molar-refractivity contribution in [1.29, 1.82) is 0 Å². The van der Waals surface area contributed by atoms with E-state index < -0.39 is 11.6 Å². The first-order valence-electron chi connectivity index (χ1n) is 13.8. The number of rotatable bonds is 7. The van der Waals surface area contributed by atoms with Crippen LogP contribution in [0.3, 0.4) is 0 Å². The molecule has 2 aliphatic rings. The zero-order chi connectivity index (χ0) is 28.5. The highest BCUT2D eigenvalue weighted by molar-refractivity contribution is 7.19. The summed E-state index contributed by atoms with van der Waals surface area (Å²) in [5.74, 6) is 0.627. The molecule has 0 bridgehead atoms. The Kier molecular flexibility index (Phi) is 7.32. The van der Waals surface area contributed by atoms with Crippen LogP contribution in [0.2, 0.25) is 0 Å². The first-order valence-corrected chi connectivity index (χ1v) is 14.6. The first kappa shape index (κ1) is 26.6. The molecule has 1 fully saturated rings. The fraction of sp³-hybridized carbons (Fsp3) is 0.267. The molecule has 2 aliphatic heterocycles. The molecule has 0 aliphatic carbocycles. The lowest BCUT2D eigenvalue weighted by molar-refractivity contribution is 0.0398. The minimum Gasteiger partial charge on any atom is -0.491 e. The molecular formula is C30H27F2N7O2S. The molecule has 12 heteroatoms. The molecule has 0 unspecified atom stereocenters. The Morgan fingerprint density at radius 1 is 0.976 bits per heavy atom. The summed E-state index contributed by atoms with van der Waals surface area (Å²) in [5.41, 5.74) is 3.60. The van der Waals surface area contributed by atoms with Crippen LogP contribution >= 0.6 is 11.3 Å². The lowest BCUT2D eigenvalue weighted by Gasteiger charge is -2.26. The van der Waals surface area contributed by atoms with Crippen molar-refractivity contribution in [2.75, 3.05) is 51.3 Å². The number of morpholine rings is 1. The number of ether oxygens (including phenoxy) is 2. The second-order valence-corrected chi connectivity index (χ2v) is 11.1. The number of benzene rings is 1. The summed E-state index contributed by atoms with van der Waals surface area (Å²) in [6.45, 7) is 5.76. The van der Waals surface area contributed by atoms with Gasteiger partial charge in [0.2, 0.25) is 0 Å². The van der Waals surface area contributed by atoms with Crippen molar-refractivity contribution in [3.05, 3.63) is 78.3 Å². The van der Waals surface area contributed by atoms with Crippen molar-refractivity contribution in [1.82, 2.24) is 29.6 Å². The molecule has 0 saturated carbocycles. The monoisotopic (exact) mass is 587 g/mol. The van der Waals surface area contributed by atoms with E-state index in [1.165, 1.54) is 34.5 Å². The topological polar surface area (TPSA) is 90.2 Å². The van der Waals surface area contributed by atoms with Crippen LogP contribution in [-0.4, -0.2) is 75.6 Å². The number of anilines is 1. The summed E-state index contributed by atoms with van der Waals surface area (Å²) >= 11 is 1.49. The van der Waals surface area contributed by atoms with Gasteiger partial charge in [-0.2, -0.15) is 5.10 Å². The van der Waals surface area contributed by atoms with E-state index in [0.717, 1.165) is 83.5 Å². The molecule has 1 N–H and O–H groups in total. The van der Waals surface area contributed by atoms with E-state index in [4.69, 9.17) is 14.5 Å². The van der Waals surface area contributed by atoms with Gasteiger partial charge in [0.25, 0.3) is 0 Å². The third-order valence-corrected chi connectivity index (χ3v) is 8.49. The lowest BCUT2D eigenvalue weighted by atomic mass is 10.1. The zero-order valence-electron chi connectivity index (χ0n) is 22.6. The van der Waals surface area contributed by atoms with Gasteiger partial charge in [-0.3, -0.25) is 4.90 Å². The Morgan fingerprint density at radius 3 is 2.71 bits per heavy atom. The zero-order valence-corrected chi connectivity index (χ0v) is 23.4. The number of hydrogen-bond acceptors (Lipinski definition) is 9. The Morgan fingerprint density at radius 2 is 1.88 bits per heavy atom. The minimum atomic E-state index is -0.711. The van der Waals surface area contributed by atoms with Gasteiger partial charge in [-0.05, 0) is 48.0 Å². The lowest BCUT2D eigenvalue weighted by Crippen LogP contribution is -2.39. The number of pyridine rings is 2. The Bertz CT molecular complexity index is 1720. The van der Waals surface area contributed by atoms with Gasteiger partial charge in [0.15, 0.2) is 11.6 Å². The van der Waals surface area contributed by atoms with Crippen LogP contribution in [0.25, 0.3) is 38.2 Å². The standard InChI is InChI=1S/C30H27F2N7O2S/c31-21-2-4-24(22(32)16-21)39-30(35-18-36-39)26-15-19-7-12-41-25-5-3-23(37-28(25)29(19)42-26)20-1-6-27(34-17-20)33-8-9-38-10-13-40-14-11-38/h1-6,15-18H,7-14H2,(H,33,34). The second-order valence-electron chi connectivity index (χ2n) is 10.0. The molecule has 0 amide bonds. The Balaban J connectivity index is 1.14. The van der Waals surface area contributed by atoms with Gasteiger partial charge >= 0.3 is 0 Å². The van der Waals surface area contributed by atoms with E-state index in [-0.39, 0.29) is 5.69 Å². The molecule has 0 spiro atoms. The molecular weight excluding hydrogens is 560 g/mol. The minimum absolute atomic E-state index is 0.128. The number of nitrogens with one attached hydrogen (secondary N) is 1. The van der Waals surface area contributed by atoms with Crippen LogP contribution in [0.1, 0.15) is 5.56 Å².